The molecule has 170 valence electrons. The highest BCUT2D eigenvalue weighted by Gasteiger charge is 2.35. The Morgan fingerprint density at radius 1 is 1.06 bits per heavy atom. The fraction of sp³-hybridized carbons (Fsp3) is 0.625. The number of amides is 3. The normalized spacial score (nSPS) is 18.6. The van der Waals surface area contributed by atoms with Gasteiger partial charge in [0.2, 0.25) is 11.8 Å². The summed E-state index contributed by atoms with van der Waals surface area (Å²) in [6.45, 7) is 4.06. The zero-order valence-electron chi connectivity index (χ0n) is 18.7. The van der Waals surface area contributed by atoms with E-state index in [1.54, 1.807) is 19.2 Å². The third-order valence-electron chi connectivity index (χ3n) is 6.52. The number of rotatable bonds is 8. The number of likely N-dealkylation sites (tertiary alicyclic amines) is 1. The van der Waals surface area contributed by atoms with Gasteiger partial charge in [-0.1, -0.05) is 30.5 Å². The van der Waals surface area contributed by atoms with E-state index in [-0.39, 0.29) is 29.6 Å². The third-order valence-corrected chi connectivity index (χ3v) is 6.52. The summed E-state index contributed by atoms with van der Waals surface area (Å²) in [5, 5.41) is 5.82. The molecule has 3 amide bonds. The number of piperidine rings is 1. The summed E-state index contributed by atoms with van der Waals surface area (Å²) >= 11 is 0. The molecular formula is C24H35N3O4. The topological polar surface area (TPSA) is 87.7 Å². The van der Waals surface area contributed by atoms with E-state index in [4.69, 9.17) is 4.74 Å². The van der Waals surface area contributed by atoms with Gasteiger partial charge in [-0.2, -0.15) is 0 Å². The van der Waals surface area contributed by atoms with Gasteiger partial charge in [0.1, 0.15) is 6.04 Å². The summed E-state index contributed by atoms with van der Waals surface area (Å²) in [5.74, 6) is -0.0225. The van der Waals surface area contributed by atoms with Crippen molar-refractivity contribution in [3.05, 3.63) is 35.4 Å². The number of nitrogens with zero attached hydrogens (tertiary/aromatic N) is 1. The standard InChI is InChI=1S/C24H35N3O4/c1-17-7-9-19(10-8-17)22(28)26-21(23(29)25-13-16-31-2)18-11-14-27(15-12-18)24(30)20-5-3-4-6-20/h7-10,18,20-21H,3-6,11-16H2,1-2H3,(H,25,29)(H,26,28)/t21-/m1/s1. The van der Waals surface area contributed by atoms with Gasteiger partial charge in [0, 0.05) is 38.2 Å². The molecule has 7 heteroatoms. The number of benzene rings is 1. The largest absolute Gasteiger partial charge is 0.383 e. The maximum Gasteiger partial charge on any atom is 0.251 e. The van der Waals surface area contributed by atoms with Gasteiger partial charge in [0.15, 0.2) is 0 Å². The van der Waals surface area contributed by atoms with E-state index in [2.05, 4.69) is 10.6 Å². The molecular weight excluding hydrogens is 394 g/mol. The molecule has 7 nitrogen and oxygen atoms in total. The number of methoxy groups -OCH3 is 1. The van der Waals surface area contributed by atoms with Crippen molar-refractivity contribution in [1.29, 1.82) is 0 Å². The quantitative estimate of drug-likeness (QED) is 0.621. The molecule has 3 rings (SSSR count). The number of carbonyl (C=O) groups excluding carboxylic acids is 3. The average Bonchev–Trinajstić information content (AvgIpc) is 3.32. The SMILES string of the molecule is COCCNC(=O)[C@H](NC(=O)c1ccc(C)cc1)C1CCN(C(=O)C2CCCC2)CC1. The lowest BCUT2D eigenvalue weighted by molar-refractivity contribution is -0.137. The molecule has 0 aromatic heterocycles. The summed E-state index contributed by atoms with van der Waals surface area (Å²) in [6.07, 6.45) is 5.68. The van der Waals surface area contributed by atoms with Crippen LogP contribution in [0.4, 0.5) is 0 Å². The Kier molecular flexibility index (Phi) is 8.46. The summed E-state index contributed by atoms with van der Waals surface area (Å²) in [6, 6.07) is 6.68. The second kappa shape index (κ2) is 11.3. The number of carbonyl (C=O) groups is 3. The van der Waals surface area contributed by atoms with E-state index < -0.39 is 6.04 Å². The average molecular weight is 430 g/mol. The van der Waals surface area contributed by atoms with Crippen LogP contribution in [0.25, 0.3) is 0 Å². The lowest BCUT2D eigenvalue weighted by Gasteiger charge is -2.36. The number of nitrogens with one attached hydrogen (secondary N) is 2. The number of hydrogen-bond donors (Lipinski definition) is 2. The maximum atomic E-state index is 12.9. The van der Waals surface area contributed by atoms with Crippen molar-refractivity contribution in [2.24, 2.45) is 11.8 Å². The molecule has 2 N–H and O–H groups in total. The van der Waals surface area contributed by atoms with Crippen molar-refractivity contribution >= 4 is 17.7 Å². The number of aryl methyl sites for hydroxylation is 1. The Morgan fingerprint density at radius 3 is 2.32 bits per heavy atom. The highest BCUT2D eigenvalue weighted by Crippen LogP contribution is 2.29. The molecule has 0 unspecified atom stereocenters. The van der Waals surface area contributed by atoms with E-state index in [0.29, 0.717) is 44.6 Å². The Morgan fingerprint density at radius 2 is 1.71 bits per heavy atom. The van der Waals surface area contributed by atoms with Crippen LogP contribution >= 0.6 is 0 Å². The first-order valence-electron chi connectivity index (χ1n) is 11.4. The molecule has 1 aromatic carbocycles. The van der Waals surface area contributed by atoms with Crippen LogP contribution in [0.3, 0.4) is 0 Å². The van der Waals surface area contributed by atoms with Gasteiger partial charge >= 0.3 is 0 Å². The van der Waals surface area contributed by atoms with Gasteiger partial charge in [-0.15, -0.1) is 0 Å². The van der Waals surface area contributed by atoms with E-state index in [0.717, 1.165) is 31.2 Å². The van der Waals surface area contributed by atoms with Crippen LogP contribution in [0.1, 0.15) is 54.4 Å². The Hall–Kier alpha value is -2.41. The minimum atomic E-state index is -0.630. The van der Waals surface area contributed by atoms with Crippen molar-refractivity contribution in [2.75, 3.05) is 33.4 Å². The van der Waals surface area contributed by atoms with Gasteiger partial charge in [-0.25, -0.2) is 0 Å². The molecule has 0 radical (unpaired) electrons. The Bertz CT molecular complexity index is 751. The maximum absolute atomic E-state index is 12.9. The molecule has 2 fully saturated rings. The van der Waals surface area contributed by atoms with E-state index >= 15 is 0 Å². The smallest absolute Gasteiger partial charge is 0.251 e. The van der Waals surface area contributed by atoms with Crippen molar-refractivity contribution in [1.82, 2.24) is 15.5 Å². The van der Waals surface area contributed by atoms with Crippen LogP contribution in [-0.4, -0.2) is 62.0 Å². The number of ether oxygens (including phenoxy) is 1. The lowest BCUT2D eigenvalue weighted by atomic mass is 9.87. The summed E-state index contributed by atoms with van der Waals surface area (Å²) < 4.78 is 5.02. The number of hydrogen-bond acceptors (Lipinski definition) is 4. The molecule has 1 aliphatic carbocycles. The molecule has 31 heavy (non-hydrogen) atoms. The highest BCUT2D eigenvalue weighted by atomic mass is 16.5. The molecule has 1 saturated carbocycles. The van der Waals surface area contributed by atoms with Crippen molar-refractivity contribution in [2.45, 2.75) is 51.5 Å². The fourth-order valence-corrected chi connectivity index (χ4v) is 4.60. The zero-order chi connectivity index (χ0) is 22.2. The molecule has 0 bridgehead atoms. The molecule has 1 heterocycles. The second-order valence-corrected chi connectivity index (χ2v) is 8.75. The van der Waals surface area contributed by atoms with Crippen LogP contribution < -0.4 is 10.6 Å². The minimum Gasteiger partial charge on any atom is -0.383 e. The first-order chi connectivity index (χ1) is 15.0. The zero-order valence-corrected chi connectivity index (χ0v) is 18.7. The van der Waals surface area contributed by atoms with Gasteiger partial charge in [0.05, 0.1) is 6.61 Å². The predicted octanol–water partition coefficient (Wildman–Crippen LogP) is 2.28. The first kappa shape index (κ1) is 23.3. The van der Waals surface area contributed by atoms with Crippen LogP contribution in [0.15, 0.2) is 24.3 Å². The fourth-order valence-electron chi connectivity index (χ4n) is 4.60. The highest BCUT2D eigenvalue weighted by molar-refractivity contribution is 5.97. The van der Waals surface area contributed by atoms with E-state index in [9.17, 15) is 14.4 Å². The van der Waals surface area contributed by atoms with Crippen molar-refractivity contribution in [3.63, 3.8) is 0 Å². The molecule has 1 aromatic rings. The van der Waals surface area contributed by atoms with Crippen molar-refractivity contribution < 1.29 is 19.1 Å². The summed E-state index contributed by atoms with van der Waals surface area (Å²) in [7, 11) is 1.58. The monoisotopic (exact) mass is 429 g/mol. The molecule has 1 aliphatic heterocycles. The summed E-state index contributed by atoms with van der Waals surface area (Å²) in [5.41, 5.74) is 1.61. The van der Waals surface area contributed by atoms with Gasteiger partial charge in [-0.3, -0.25) is 14.4 Å². The second-order valence-electron chi connectivity index (χ2n) is 8.75. The minimum absolute atomic E-state index is 0.00966. The predicted molar refractivity (Wildman–Crippen MR) is 119 cm³/mol. The van der Waals surface area contributed by atoms with Crippen LogP contribution in [0, 0.1) is 18.8 Å². The molecule has 2 aliphatic rings. The van der Waals surface area contributed by atoms with Gasteiger partial charge in [-0.05, 0) is 50.7 Å². The summed E-state index contributed by atoms with van der Waals surface area (Å²) in [4.78, 5) is 40.4. The van der Waals surface area contributed by atoms with E-state index in [1.807, 2.05) is 24.0 Å². The van der Waals surface area contributed by atoms with Gasteiger partial charge < -0.3 is 20.3 Å². The van der Waals surface area contributed by atoms with Crippen molar-refractivity contribution in [3.8, 4) is 0 Å². The Labute approximate surface area is 184 Å². The molecule has 1 atom stereocenters. The molecule has 1 saturated heterocycles. The lowest BCUT2D eigenvalue weighted by Crippen LogP contribution is -2.54. The van der Waals surface area contributed by atoms with E-state index in [1.165, 1.54) is 0 Å². The first-order valence-corrected chi connectivity index (χ1v) is 11.4. The van der Waals surface area contributed by atoms with Gasteiger partial charge in [0.25, 0.3) is 5.91 Å². The Balaban J connectivity index is 1.63. The molecule has 0 spiro atoms. The van der Waals surface area contributed by atoms with Crippen LogP contribution in [-0.2, 0) is 14.3 Å². The van der Waals surface area contributed by atoms with Crippen LogP contribution in [0.2, 0.25) is 0 Å². The van der Waals surface area contributed by atoms with Crippen LogP contribution in [0.5, 0.6) is 0 Å². The third kappa shape index (κ3) is 6.29.